The lowest BCUT2D eigenvalue weighted by Crippen LogP contribution is -2.52. The highest BCUT2D eigenvalue weighted by Crippen LogP contribution is 2.49. The van der Waals surface area contributed by atoms with Gasteiger partial charge in [-0.2, -0.15) is 0 Å². The van der Waals surface area contributed by atoms with Crippen LogP contribution in [0.5, 0.6) is 0 Å². The van der Waals surface area contributed by atoms with Crippen LogP contribution in [-0.2, 0) is 81.9 Å². The lowest BCUT2D eigenvalue weighted by Gasteiger charge is -2.37. The topological polar surface area (TPSA) is 439 Å². The van der Waals surface area contributed by atoms with E-state index in [9.17, 15) is 29.1 Å². The third-order valence-corrected chi connectivity index (χ3v) is 23.9. The number of amidine groups is 2. The molecule has 30 nitrogen and oxygen atoms in total. The maximum absolute atomic E-state index is 16.0. The molecule has 135 heavy (non-hydrogen) atoms. The Morgan fingerprint density at radius 1 is 0.385 bits per heavy atom. The quantitative estimate of drug-likeness (QED) is 0.00730. The Kier molecular flexibility index (Phi) is 48.1. The molecule has 0 saturated heterocycles. The van der Waals surface area contributed by atoms with Crippen LogP contribution in [-0.4, -0.2) is 199 Å². The molecule has 0 heterocycles. The number of benzene rings is 6. The van der Waals surface area contributed by atoms with E-state index in [1.807, 2.05) is 196 Å². The number of alkyl carbamates (subject to hydrolysis) is 2. The second-order valence-electron chi connectivity index (χ2n) is 36.7. The second-order valence-corrected chi connectivity index (χ2v) is 37.9. The SMILES string of the molecule is CCCCCC[C@H](NC(=O)COCCOCCNC(=O)[C@H](CCCNC(=N)CC)NC(=O)[C@@H](CC(=O)[C@H](CCCNC(=N)CC)NC(=O)[C@H](CCCCNC(=O)OC(C)(C)C)CC(=O)[C@H](CC(=O)NC(c1ccccc1)(c1ccccc1)c1ccccc1)NC(=O)CCC(=O)[C@@H](CSC(c1ccccc1)(c1ccccc1)c1ccccc1)NC(=O)OC(C)(C)C)[C@H](C)OC(C)(C)C)C(=O)O. The fraction of sp³-hybridized carbons (Fsp3) is 0.519. The second kappa shape index (κ2) is 57.9. The van der Waals surface area contributed by atoms with Crippen LogP contribution in [0.15, 0.2) is 182 Å². The van der Waals surface area contributed by atoms with Crippen molar-refractivity contribution >= 4 is 94.4 Å². The molecule has 31 heteroatoms. The average molecular weight is 1880 g/mol. The minimum Gasteiger partial charge on any atom is -0.480 e. The molecule has 736 valence electrons. The van der Waals surface area contributed by atoms with Crippen molar-refractivity contribution in [2.45, 2.75) is 275 Å². The van der Waals surface area contributed by atoms with Gasteiger partial charge in [0, 0.05) is 76.4 Å². The van der Waals surface area contributed by atoms with Crippen LogP contribution in [0.25, 0.3) is 0 Å². The van der Waals surface area contributed by atoms with Crippen LogP contribution in [0, 0.1) is 22.7 Å². The van der Waals surface area contributed by atoms with Gasteiger partial charge in [0.25, 0.3) is 0 Å². The molecule has 8 amide bonds. The standard InChI is InChI=1S/C104H146N12O18S/c1-14-17-18-37-55-83(97(126)127)111-93(122)70-131-66-65-130-64-63-109-96(125)82(57-41-62-108-90(106)16-3)114-95(124)80(72(4)132-100(5,6)7)68-88(119)81(56-40-61-107-89(105)15-2)113-94(123)73(42-38-39-60-110-98(128)133-101(8,9)10)67-87(118)84(69-92(121)116-103(74-43-25-19-26-44-74,75-45-27-20-28-46-75)76-47-29-21-30-48-76)112-91(120)59-58-86(117)85(115-99(129)134-102(11,12)13)71-135-104(77-49-31-22-32-50-77,78-51-33-23-34-52-78)79-53-35-24-36-54-79/h19-36,43-54,72-73,80-85H,14-18,37-42,55-71H2,1-13H3,(H2,105,107)(H2,106,108)(H,109,125)(H,110,128)(H,111,122)(H,112,120)(H,113,123)(H,114,124)(H,115,129)(H,116,121)(H,126,127)/t72-,73+,80-,81-,82-,83-,84-,85+/m0/s1. The van der Waals surface area contributed by atoms with Gasteiger partial charge in [0.05, 0.1) is 78.4 Å². The first-order valence-electron chi connectivity index (χ1n) is 47.3. The van der Waals surface area contributed by atoms with Gasteiger partial charge in [0.2, 0.25) is 35.4 Å². The van der Waals surface area contributed by atoms with Gasteiger partial charge in [-0.3, -0.25) is 54.0 Å². The van der Waals surface area contributed by atoms with Crippen LogP contribution in [0.3, 0.4) is 0 Å². The van der Waals surface area contributed by atoms with Crippen molar-refractivity contribution in [2.24, 2.45) is 11.8 Å². The maximum Gasteiger partial charge on any atom is 0.408 e. The zero-order valence-electron chi connectivity index (χ0n) is 81.0. The normalized spacial score (nSPS) is 13.5. The van der Waals surface area contributed by atoms with E-state index in [-0.39, 0.29) is 108 Å². The Balaban J connectivity index is 1.37. The van der Waals surface area contributed by atoms with E-state index >= 15 is 33.6 Å². The molecule has 0 fully saturated rings. The number of nitrogens with one attached hydrogen (secondary N) is 12. The Bertz CT molecular complexity index is 4520. The van der Waals surface area contributed by atoms with Gasteiger partial charge < -0.3 is 82.0 Å². The summed E-state index contributed by atoms with van der Waals surface area (Å²) in [5.41, 5.74) is 0.385. The van der Waals surface area contributed by atoms with E-state index in [2.05, 4.69) is 53.2 Å². The first-order valence-corrected chi connectivity index (χ1v) is 48.3. The molecule has 0 bridgehead atoms. The van der Waals surface area contributed by atoms with Crippen molar-refractivity contribution in [2.75, 3.05) is 58.4 Å². The predicted molar refractivity (Wildman–Crippen MR) is 525 cm³/mol. The van der Waals surface area contributed by atoms with Gasteiger partial charge in [-0.25, -0.2) is 14.4 Å². The first-order chi connectivity index (χ1) is 64.3. The van der Waals surface area contributed by atoms with E-state index in [1.165, 1.54) is 11.8 Å². The van der Waals surface area contributed by atoms with Crippen LogP contribution < -0.4 is 53.2 Å². The van der Waals surface area contributed by atoms with E-state index in [0.717, 1.165) is 36.0 Å². The fourth-order valence-corrected chi connectivity index (χ4v) is 17.1. The predicted octanol–water partition coefficient (Wildman–Crippen LogP) is 14.2. The molecule has 0 aliphatic carbocycles. The Labute approximate surface area is 801 Å². The van der Waals surface area contributed by atoms with Gasteiger partial charge in [0.1, 0.15) is 35.4 Å². The lowest BCUT2D eigenvalue weighted by atomic mass is 9.76. The number of ether oxygens (including phenoxy) is 5. The summed E-state index contributed by atoms with van der Waals surface area (Å²) in [4.78, 5) is 175. The number of aliphatic carboxylic acids is 1. The minimum absolute atomic E-state index is 0.00739. The third-order valence-electron chi connectivity index (χ3n) is 22.3. The Hall–Kier alpha value is -11.7. The molecular formula is C104H146N12O18S. The van der Waals surface area contributed by atoms with E-state index < -0.39 is 185 Å². The number of amides is 8. The van der Waals surface area contributed by atoms with Gasteiger partial charge in [0.15, 0.2) is 17.3 Å². The summed E-state index contributed by atoms with van der Waals surface area (Å²) in [5, 5.41) is 55.2. The summed E-state index contributed by atoms with van der Waals surface area (Å²) in [6.07, 6.45) is -0.338. The number of hydrogen-bond donors (Lipinski definition) is 13. The number of unbranched alkanes of at least 4 members (excludes halogenated alkanes) is 4. The van der Waals surface area contributed by atoms with Gasteiger partial charge in [-0.15, -0.1) is 11.8 Å². The zero-order chi connectivity index (χ0) is 99.0. The molecular weight excluding hydrogens is 1740 g/mol. The number of carbonyl (C=O) groups excluding carboxylic acids is 11. The summed E-state index contributed by atoms with van der Waals surface area (Å²) in [6, 6.07) is 50.2. The number of ketones is 3. The molecule has 0 unspecified atom stereocenters. The molecule has 0 saturated carbocycles. The van der Waals surface area contributed by atoms with Crippen LogP contribution in [0.4, 0.5) is 9.59 Å². The number of carbonyl (C=O) groups is 12. The molecule has 6 aromatic rings. The molecule has 13 N–H and O–H groups in total. The molecule has 0 radical (unpaired) electrons. The van der Waals surface area contributed by atoms with Crippen molar-refractivity contribution in [1.82, 2.24) is 53.2 Å². The van der Waals surface area contributed by atoms with E-state index in [4.69, 9.17) is 34.5 Å². The van der Waals surface area contributed by atoms with Crippen molar-refractivity contribution in [1.29, 1.82) is 10.8 Å². The monoisotopic (exact) mass is 1880 g/mol. The number of rotatable bonds is 61. The number of thioether (sulfide) groups is 1. The molecule has 0 spiro atoms. The molecule has 6 rings (SSSR count). The van der Waals surface area contributed by atoms with Crippen molar-refractivity contribution < 1.29 is 86.3 Å². The van der Waals surface area contributed by atoms with Crippen LogP contribution in [0.1, 0.15) is 245 Å². The number of Topliss-reactive ketones (excluding diaryl/α,β-unsaturated/α-hetero) is 3. The summed E-state index contributed by atoms with van der Waals surface area (Å²) in [6.45, 7) is 22.8. The number of hydrogen-bond acceptors (Lipinski definition) is 20. The lowest BCUT2D eigenvalue weighted by molar-refractivity contribution is -0.143. The fourth-order valence-electron chi connectivity index (χ4n) is 15.5. The highest BCUT2D eigenvalue weighted by Gasteiger charge is 2.43. The van der Waals surface area contributed by atoms with Crippen molar-refractivity contribution in [3.05, 3.63) is 215 Å². The first kappa shape index (κ1) is 112. The summed E-state index contributed by atoms with van der Waals surface area (Å²) >= 11 is 1.40. The van der Waals surface area contributed by atoms with Gasteiger partial charge in [-0.1, -0.05) is 235 Å². The van der Waals surface area contributed by atoms with E-state index in [1.54, 1.807) is 76.2 Å². The van der Waals surface area contributed by atoms with Crippen molar-refractivity contribution in [3.63, 3.8) is 0 Å². The largest absolute Gasteiger partial charge is 0.480 e. The zero-order valence-corrected chi connectivity index (χ0v) is 81.9. The molecule has 8 atom stereocenters. The van der Waals surface area contributed by atoms with Gasteiger partial charge in [-0.05, 0) is 148 Å². The van der Waals surface area contributed by atoms with Crippen LogP contribution >= 0.6 is 11.8 Å². The minimum atomic E-state index is -1.72. The Morgan fingerprint density at radius 2 is 0.837 bits per heavy atom. The van der Waals surface area contributed by atoms with Crippen molar-refractivity contribution in [3.8, 4) is 0 Å². The highest BCUT2D eigenvalue weighted by atomic mass is 32.2. The third kappa shape index (κ3) is 40.0. The van der Waals surface area contributed by atoms with Gasteiger partial charge >= 0.3 is 18.2 Å². The number of carboxylic acid groups (broad SMARTS) is 1. The summed E-state index contributed by atoms with van der Waals surface area (Å²) in [5.74, 6) is -9.71. The summed E-state index contributed by atoms with van der Waals surface area (Å²) in [7, 11) is 0. The summed E-state index contributed by atoms with van der Waals surface area (Å²) < 4.78 is 27.9. The molecule has 6 aromatic carbocycles. The molecule has 0 aliphatic heterocycles. The average Bonchev–Trinajstić information content (AvgIpc) is 0.757. The molecule has 0 aromatic heterocycles. The smallest absolute Gasteiger partial charge is 0.408 e. The number of carboxylic acids is 1. The maximum atomic E-state index is 16.0. The van der Waals surface area contributed by atoms with Crippen LogP contribution in [0.2, 0.25) is 0 Å². The van der Waals surface area contributed by atoms with E-state index in [0.29, 0.717) is 42.4 Å². The Morgan fingerprint density at radius 3 is 1.33 bits per heavy atom. The highest BCUT2D eigenvalue weighted by molar-refractivity contribution is 8.00. The molecule has 0 aliphatic rings.